The molecular formula is C21H22N2O4. The molecule has 0 bridgehead atoms. The highest BCUT2D eigenvalue weighted by Gasteiger charge is 2.31. The fraction of sp³-hybridized carbons (Fsp3) is 0.333. The molecule has 2 aliphatic heterocycles. The summed E-state index contributed by atoms with van der Waals surface area (Å²) >= 11 is 0. The molecule has 2 heterocycles. The van der Waals surface area contributed by atoms with Crippen molar-refractivity contribution in [1.82, 2.24) is 0 Å². The van der Waals surface area contributed by atoms with Crippen molar-refractivity contribution < 1.29 is 19.1 Å². The van der Waals surface area contributed by atoms with Gasteiger partial charge in [-0.15, -0.1) is 0 Å². The van der Waals surface area contributed by atoms with E-state index in [4.69, 9.17) is 9.47 Å². The maximum atomic E-state index is 13.0. The highest BCUT2D eigenvalue weighted by Crippen LogP contribution is 2.39. The summed E-state index contributed by atoms with van der Waals surface area (Å²) in [7, 11) is 0. The third kappa shape index (κ3) is 3.35. The first-order chi connectivity index (χ1) is 13.0. The van der Waals surface area contributed by atoms with Crippen molar-refractivity contribution in [3.05, 3.63) is 47.5 Å². The zero-order chi connectivity index (χ0) is 19.0. The van der Waals surface area contributed by atoms with Gasteiger partial charge in [0.2, 0.25) is 11.8 Å². The highest BCUT2D eigenvalue weighted by atomic mass is 16.5. The zero-order valence-corrected chi connectivity index (χ0v) is 15.4. The fourth-order valence-electron chi connectivity index (χ4n) is 3.68. The first-order valence-corrected chi connectivity index (χ1v) is 9.21. The van der Waals surface area contributed by atoms with E-state index in [1.165, 1.54) is 0 Å². The van der Waals surface area contributed by atoms with Gasteiger partial charge in [-0.2, -0.15) is 0 Å². The minimum atomic E-state index is -0.544. The maximum absolute atomic E-state index is 13.0. The number of anilines is 2. The summed E-state index contributed by atoms with van der Waals surface area (Å²) in [6.07, 6.45) is 1.04. The summed E-state index contributed by atoms with van der Waals surface area (Å²) in [5.41, 5.74) is 3.15. The Morgan fingerprint density at radius 3 is 2.93 bits per heavy atom. The lowest BCUT2D eigenvalue weighted by molar-refractivity contribution is -0.123. The van der Waals surface area contributed by atoms with Gasteiger partial charge in [-0.25, -0.2) is 0 Å². The first kappa shape index (κ1) is 17.4. The Labute approximate surface area is 157 Å². The second-order valence-electron chi connectivity index (χ2n) is 6.90. The molecule has 2 aromatic rings. The number of hydrogen-bond donors (Lipinski definition) is 2. The molecule has 2 unspecified atom stereocenters. The number of para-hydroxylation sites is 1. The predicted molar refractivity (Wildman–Crippen MR) is 102 cm³/mol. The Morgan fingerprint density at radius 1 is 1.30 bits per heavy atom. The molecule has 0 spiro atoms. The van der Waals surface area contributed by atoms with Gasteiger partial charge in [-0.05, 0) is 31.5 Å². The van der Waals surface area contributed by atoms with Gasteiger partial charge in [0.25, 0.3) is 0 Å². The summed E-state index contributed by atoms with van der Waals surface area (Å²) < 4.78 is 11.5. The number of amides is 2. The number of carbonyl (C=O) groups excluding carboxylic acids is 2. The Kier molecular flexibility index (Phi) is 4.48. The number of ether oxygens (including phenoxy) is 2. The molecule has 27 heavy (non-hydrogen) atoms. The van der Waals surface area contributed by atoms with Crippen LogP contribution in [0.1, 0.15) is 37.3 Å². The number of fused-ring (bicyclic) bond motifs is 2. The molecule has 0 fully saturated rings. The summed E-state index contributed by atoms with van der Waals surface area (Å²) in [5.74, 6) is 0.450. The lowest BCUT2D eigenvalue weighted by Gasteiger charge is -2.25. The van der Waals surface area contributed by atoms with Crippen LogP contribution in [-0.4, -0.2) is 24.5 Å². The molecule has 140 valence electrons. The minimum Gasteiger partial charge on any atom is -0.492 e. The van der Waals surface area contributed by atoms with Gasteiger partial charge in [-0.1, -0.05) is 18.2 Å². The molecule has 6 nitrogen and oxygen atoms in total. The second-order valence-corrected chi connectivity index (χ2v) is 6.90. The molecule has 2 aliphatic rings. The summed E-state index contributed by atoms with van der Waals surface area (Å²) in [5, 5.41) is 5.76. The molecule has 6 heteroatoms. The molecule has 2 aromatic carbocycles. The summed E-state index contributed by atoms with van der Waals surface area (Å²) in [6, 6.07) is 11.1. The van der Waals surface area contributed by atoms with Crippen molar-refractivity contribution in [3.8, 4) is 11.5 Å². The Bertz CT molecular complexity index is 909. The molecule has 0 saturated heterocycles. The van der Waals surface area contributed by atoms with Gasteiger partial charge in [0.1, 0.15) is 17.6 Å². The van der Waals surface area contributed by atoms with E-state index >= 15 is 0 Å². The van der Waals surface area contributed by atoms with Gasteiger partial charge in [0, 0.05) is 30.2 Å². The summed E-state index contributed by atoms with van der Waals surface area (Å²) in [6.45, 7) is 4.41. The highest BCUT2D eigenvalue weighted by molar-refractivity contribution is 6.05. The van der Waals surface area contributed by atoms with Crippen molar-refractivity contribution in [2.45, 2.75) is 38.7 Å². The van der Waals surface area contributed by atoms with Crippen LogP contribution in [0.25, 0.3) is 0 Å². The Balaban J connectivity index is 1.64. The van der Waals surface area contributed by atoms with E-state index in [2.05, 4.69) is 10.6 Å². The van der Waals surface area contributed by atoms with E-state index in [-0.39, 0.29) is 24.3 Å². The topological polar surface area (TPSA) is 76.7 Å². The summed E-state index contributed by atoms with van der Waals surface area (Å²) in [4.78, 5) is 25.0. The standard InChI is InChI=1S/C21H22N2O4/c1-3-26-19-9-13-8-12(2)27-18(13)11-17(19)23-21(25)15-10-20(24)22-16-7-5-4-6-14(15)16/h4-7,9,11-12,15H,3,8,10H2,1-2H3,(H,22,24)(H,23,25). The molecule has 2 atom stereocenters. The average molecular weight is 366 g/mol. The molecule has 0 aromatic heterocycles. The lowest BCUT2D eigenvalue weighted by Crippen LogP contribution is -2.30. The largest absolute Gasteiger partial charge is 0.492 e. The van der Waals surface area contributed by atoms with Crippen LogP contribution in [0.15, 0.2) is 36.4 Å². The quantitative estimate of drug-likeness (QED) is 0.869. The number of rotatable bonds is 4. The van der Waals surface area contributed by atoms with Gasteiger partial charge >= 0.3 is 0 Å². The van der Waals surface area contributed by atoms with E-state index in [1.807, 2.05) is 50.2 Å². The monoisotopic (exact) mass is 366 g/mol. The second kappa shape index (κ2) is 6.95. The van der Waals surface area contributed by atoms with Crippen molar-refractivity contribution in [2.24, 2.45) is 0 Å². The van der Waals surface area contributed by atoms with Crippen LogP contribution in [-0.2, 0) is 16.0 Å². The SMILES string of the molecule is CCOc1cc2c(cc1NC(=O)C1CC(=O)Nc3ccccc31)OC(C)C2. The van der Waals surface area contributed by atoms with Crippen LogP contribution in [0, 0.1) is 0 Å². The van der Waals surface area contributed by atoms with Crippen molar-refractivity contribution >= 4 is 23.2 Å². The zero-order valence-electron chi connectivity index (χ0n) is 15.4. The van der Waals surface area contributed by atoms with Gasteiger partial charge in [0.05, 0.1) is 18.2 Å². The number of benzene rings is 2. The third-order valence-electron chi connectivity index (χ3n) is 4.87. The van der Waals surface area contributed by atoms with Crippen LogP contribution >= 0.6 is 0 Å². The molecule has 0 radical (unpaired) electrons. The van der Waals surface area contributed by atoms with E-state index in [0.29, 0.717) is 23.7 Å². The van der Waals surface area contributed by atoms with Crippen LogP contribution in [0.2, 0.25) is 0 Å². The predicted octanol–water partition coefficient (Wildman–Crippen LogP) is 3.47. The van der Waals surface area contributed by atoms with Crippen LogP contribution in [0.5, 0.6) is 11.5 Å². The first-order valence-electron chi connectivity index (χ1n) is 9.21. The van der Waals surface area contributed by atoms with Gasteiger partial charge < -0.3 is 20.1 Å². The maximum Gasteiger partial charge on any atom is 0.232 e. The van der Waals surface area contributed by atoms with Crippen molar-refractivity contribution in [2.75, 3.05) is 17.2 Å². The number of carbonyl (C=O) groups is 2. The normalized spacial score (nSPS) is 20.1. The number of hydrogen-bond acceptors (Lipinski definition) is 4. The van der Waals surface area contributed by atoms with Crippen molar-refractivity contribution in [1.29, 1.82) is 0 Å². The Hall–Kier alpha value is -3.02. The minimum absolute atomic E-state index is 0.106. The van der Waals surface area contributed by atoms with Crippen LogP contribution < -0.4 is 20.1 Å². The average Bonchev–Trinajstić information content (AvgIpc) is 3.00. The van der Waals surface area contributed by atoms with E-state index in [9.17, 15) is 9.59 Å². The molecule has 0 aliphatic carbocycles. The Morgan fingerprint density at radius 2 is 2.11 bits per heavy atom. The molecule has 4 rings (SSSR count). The third-order valence-corrected chi connectivity index (χ3v) is 4.87. The smallest absolute Gasteiger partial charge is 0.232 e. The van der Waals surface area contributed by atoms with E-state index in [0.717, 1.165) is 23.3 Å². The van der Waals surface area contributed by atoms with Crippen LogP contribution in [0.3, 0.4) is 0 Å². The van der Waals surface area contributed by atoms with Crippen LogP contribution in [0.4, 0.5) is 11.4 Å². The number of nitrogens with one attached hydrogen (secondary N) is 2. The molecule has 0 saturated carbocycles. The van der Waals surface area contributed by atoms with Gasteiger partial charge in [-0.3, -0.25) is 9.59 Å². The molecule has 2 amide bonds. The van der Waals surface area contributed by atoms with Gasteiger partial charge in [0.15, 0.2) is 0 Å². The fourth-order valence-corrected chi connectivity index (χ4v) is 3.68. The molecule has 2 N–H and O–H groups in total. The lowest BCUT2D eigenvalue weighted by atomic mass is 9.89. The van der Waals surface area contributed by atoms with E-state index < -0.39 is 5.92 Å². The molecular weight excluding hydrogens is 344 g/mol. The van der Waals surface area contributed by atoms with Crippen molar-refractivity contribution in [3.63, 3.8) is 0 Å². The van der Waals surface area contributed by atoms with E-state index in [1.54, 1.807) is 0 Å².